The molecule has 1 aromatic rings. The number of primary amides is 2. The third kappa shape index (κ3) is 25.8. The maximum Gasteiger partial charge on any atom is 0.303 e. The summed E-state index contributed by atoms with van der Waals surface area (Å²) >= 11 is 0. The van der Waals surface area contributed by atoms with Crippen molar-refractivity contribution in [3.63, 3.8) is 0 Å². The molecule has 1 aliphatic rings. The van der Waals surface area contributed by atoms with Crippen LogP contribution in [-0.2, 0) is 78.2 Å². The van der Waals surface area contributed by atoms with Crippen molar-refractivity contribution < 1.29 is 97.3 Å². The second-order valence-corrected chi connectivity index (χ2v) is 20.1. The smallest absolute Gasteiger partial charge is 0.303 e. The average Bonchev–Trinajstić information content (AvgIpc) is 3.66. The summed E-state index contributed by atoms with van der Waals surface area (Å²) in [6.07, 6.45) is -12.6. The van der Waals surface area contributed by atoms with Crippen LogP contribution in [0.1, 0.15) is 98.0 Å². The van der Waals surface area contributed by atoms with Gasteiger partial charge in [0.1, 0.15) is 60.7 Å². The Morgan fingerprint density at radius 2 is 1.18 bits per heavy atom. The molecule has 1 aliphatic heterocycles. The Labute approximate surface area is 483 Å². The first kappa shape index (κ1) is 72.4. The third-order valence-electron chi connectivity index (χ3n) is 13.3. The van der Waals surface area contributed by atoms with E-state index in [1.807, 2.05) is 6.92 Å². The molecule has 1 saturated heterocycles. The van der Waals surface area contributed by atoms with Gasteiger partial charge in [-0.15, -0.1) is 0 Å². The summed E-state index contributed by atoms with van der Waals surface area (Å²) in [6, 6.07) is -1.17. The van der Waals surface area contributed by atoms with E-state index < -0.39 is 201 Å². The summed E-state index contributed by atoms with van der Waals surface area (Å²) in [5.41, 5.74) is 17.0. The number of hydrogen-bond acceptors (Lipinski definition) is 20. The summed E-state index contributed by atoms with van der Waals surface area (Å²) < 4.78 is 11.2. The van der Waals surface area contributed by atoms with Crippen LogP contribution in [0.4, 0.5) is 0 Å². The molecule has 1 fully saturated rings. The number of carboxylic acids is 1. The Kier molecular flexibility index (Phi) is 31.7. The quantitative estimate of drug-likeness (QED) is 0.0292. The fraction of sp³-hybridized carbons (Fsp3) is 0.635. The lowest BCUT2D eigenvalue weighted by Crippen LogP contribution is -2.60. The van der Waals surface area contributed by atoms with Crippen LogP contribution in [0.15, 0.2) is 30.3 Å². The molecule has 0 unspecified atom stereocenters. The highest BCUT2D eigenvalue weighted by Crippen LogP contribution is 2.24. The summed E-state index contributed by atoms with van der Waals surface area (Å²) in [5.74, 6) is -11.8. The minimum Gasteiger partial charge on any atom is -0.481 e. The zero-order chi connectivity index (χ0) is 63.4. The van der Waals surface area contributed by atoms with Crippen LogP contribution in [0.25, 0.3) is 0 Å². The lowest BCUT2D eigenvalue weighted by Gasteiger charge is -2.40. The van der Waals surface area contributed by atoms with Crippen molar-refractivity contribution >= 4 is 76.7 Å². The molecule has 2 rings (SSSR count). The van der Waals surface area contributed by atoms with Crippen molar-refractivity contribution in [2.24, 2.45) is 23.1 Å². The van der Waals surface area contributed by atoms with Gasteiger partial charge in [-0.25, -0.2) is 0 Å². The number of aliphatic carboxylic acids is 1. The Balaban J connectivity index is 2.29. The zero-order valence-electron chi connectivity index (χ0n) is 47.5. The molecule has 0 saturated carbocycles. The molecule has 0 aliphatic carbocycles. The first-order chi connectivity index (χ1) is 39.5. The van der Waals surface area contributed by atoms with Gasteiger partial charge in [0.2, 0.25) is 65.0 Å². The monoisotopic (exact) mass is 1190 g/mol. The standard InChI is InChI=1S/C52H82N12O20/c1-6-25(2)42(60-28(5)66)51(82)59-27(4)47(78)58-26(3)35(67)16-18-38(69)56-22-39(70)62-34(20-29-10-8-7-9-11-29)50(81)64-32(13-12-30(21-53)83-52-45(76)44(75)43(74)36(24-65)84-52)48(79)57-23-40(71)61-33(15-19-41(72)73)49(80)63-31(46(55)77)14-17-37(54)68/h7-11,25-27,30-34,36,42-45,52,65,74-76H,6,12-24,53H2,1-5H3,(H2,54,68)(H2,55,77)(H,56,69)(H,57,79)(H,58,78)(H,59,82)(H,60,66)(H,61,71)(H,62,70)(H,63,80)(H,64,81)(H,72,73)/t25-,26-,27-,30+,31-,32-,33-,34-,36+,42-,43-,44+,45+,52+/m0/s1. The fourth-order valence-electron chi connectivity index (χ4n) is 8.16. The number of ether oxygens (including phenoxy) is 2. The molecule has 14 atom stereocenters. The molecule has 0 radical (unpaired) electrons. The number of aliphatic hydroxyl groups excluding tert-OH is 4. The van der Waals surface area contributed by atoms with Gasteiger partial charge in [-0.2, -0.15) is 0 Å². The molecule has 470 valence electrons. The lowest BCUT2D eigenvalue weighted by molar-refractivity contribution is -0.310. The largest absolute Gasteiger partial charge is 0.481 e. The van der Waals surface area contributed by atoms with Crippen molar-refractivity contribution in [1.29, 1.82) is 0 Å². The SMILES string of the molecule is CC[C@H](C)[C@H](NC(C)=O)C(=O)N[C@@H](C)C(=O)N[C@@H](C)C(=O)CCC(=O)NCC(=O)N[C@@H](Cc1ccccc1)C(=O)N[C@@H](CC[C@H](CN)O[C@@H]1O[C@H](CO)[C@H](O)[C@@H](O)[C@H]1O)C(=O)NCC(=O)N[C@@H](CCC(=O)O)C(=O)N[C@@H](CCC(N)=O)C(N)=O. The Morgan fingerprint density at radius 1 is 0.607 bits per heavy atom. The topological polar surface area (TPSA) is 528 Å². The third-order valence-corrected chi connectivity index (χ3v) is 13.3. The molecule has 11 amide bonds. The van der Waals surface area contributed by atoms with Crippen molar-refractivity contribution in [3.05, 3.63) is 35.9 Å². The summed E-state index contributed by atoms with van der Waals surface area (Å²) in [6.45, 7) is 4.79. The van der Waals surface area contributed by atoms with Gasteiger partial charge in [-0.1, -0.05) is 50.6 Å². The van der Waals surface area contributed by atoms with Crippen LogP contribution in [-0.4, -0.2) is 208 Å². The number of hydrogen-bond donors (Lipinski definition) is 17. The number of nitrogens with two attached hydrogens (primary N) is 3. The first-order valence-corrected chi connectivity index (χ1v) is 27.2. The lowest BCUT2D eigenvalue weighted by atomic mass is 9.98. The van der Waals surface area contributed by atoms with E-state index in [9.17, 15) is 87.9 Å². The van der Waals surface area contributed by atoms with Crippen LogP contribution < -0.4 is 65.1 Å². The predicted octanol–water partition coefficient (Wildman–Crippen LogP) is -7.15. The van der Waals surface area contributed by atoms with Gasteiger partial charge in [0.15, 0.2) is 12.1 Å². The Hall–Kier alpha value is -7.75. The van der Waals surface area contributed by atoms with E-state index in [1.54, 1.807) is 37.3 Å². The molecule has 1 heterocycles. The van der Waals surface area contributed by atoms with E-state index in [1.165, 1.54) is 20.8 Å². The second kappa shape index (κ2) is 36.7. The molecule has 0 aromatic heterocycles. The molecular weight excluding hydrogens is 1110 g/mol. The first-order valence-electron chi connectivity index (χ1n) is 27.2. The summed E-state index contributed by atoms with van der Waals surface area (Å²) in [4.78, 5) is 166. The number of carbonyl (C=O) groups excluding carboxylic acids is 12. The number of aliphatic hydroxyl groups is 4. The van der Waals surface area contributed by atoms with E-state index in [0.29, 0.717) is 12.0 Å². The predicted molar refractivity (Wildman–Crippen MR) is 292 cm³/mol. The van der Waals surface area contributed by atoms with Crippen molar-refractivity contribution in [1.82, 2.24) is 47.9 Å². The van der Waals surface area contributed by atoms with E-state index in [2.05, 4.69) is 47.9 Å². The van der Waals surface area contributed by atoms with Crippen LogP contribution in [0.5, 0.6) is 0 Å². The summed E-state index contributed by atoms with van der Waals surface area (Å²) in [7, 11) is 0. The van der Waals surface area contributed by atoms with Crippen molar-refractivity contribution in [2.75, 3.05) is 26.2 Å². The van der Waals surface area contributed by atoms with Gasteiger partial charge in [-0.05, 0) is 51.0 Å². The maximum absolute atomic E-state index is 14.3. The van der Waals surface area contributed by atoms with Crippen LogP contribution in [0, 0.1) is 5.92 Å². The minimum atomic E-state index is -1.85. The van der Waals surface area contributed by atoms with Crippen LogP contribution in [0.3, 0.4) is 0 Å². The normalized spacial score (nSPS) is 19.7. The number of rotatable bonds is 38. The van der Waals surface area contributed by atoms with E-state index in [-0.39, 0.29) is 44.6 Å². The minimum absolute atomic E-state index is 0.207. The van der Waals surface area contributed by atoms with Gasteiger partial charge < -0.3 is 100 Å². The van der Waals surface area contributed by atoms with Crippen LogP contribution >= 0.6 is 0 Å². The number of benzene rings is 1. The number of ketones is 1. The van der Waals surface area contributed by atoms with Gasteiger partial charge in [-0.3, -0.25) is 62.3 Å². The number of amides is 11. The van der Waals surface area contributed by atoms with E-state index in [4.69, 9.17) is 26.7 Å². The highest BCUT2D eigenvalue weighted by atomic mass is 16.7. The highest BCUT2D eigenvalue weighted by molar-refractivity contribution is 5.97. The molecule has 32 nitrogen and oxygen atoms in total. The number of carboxylic acid groups (broad SMARTS) is 1. The highest BCUT2D eigenvalue weighted by Gasteiger charge is 2.45. The number of carbonyl (C=O) groups is 13. The van der Waals surface area contributed by atoms with Crippen LogP contribution in [0.2, 0.25) is 0 Å². The van der Waals surface area contributed by atoms with Gasteiger partial charge in [0.05, 0.1) is 31.8 Å². The van der Waals surface area contributed by atoms with Crippen molar-refractivity contribution in [3.8, 4) is 0 Å². The Bertz CT molecular complexity index is 2440. The molecular formula is C52H82N12O20. The van der Waals surface area contributed by atoms with E-state index in [0.717, 1.165) is 0 Å². The van der Waals surface area contributed by atoms with E-state index >= 15 is 0 Å². The fourth-order valence-corrected chi connectivity index (χ4v) is 8.16. The number of nitrogens with one attached hydrogen (secondary N) is 9. The second-order valence-electron chi connectivity index (χ2n) is 20.1. The molecule has 0 spiro atoms. The van der Waals surface area contributed by atoms with Gasteiger partial charge in [0.25, 0.3) is 0 Å². The molecule has 84 heavy (non-hydrogen) atoms. The summed E-state index contributed by atoms with van der Waals surface area (Å²) in [5, 5.41) is 71.8. The average molecular weight is 1200 g/mol. The molecule has 1 aromatic carbocycles. The molecule has 32 heteroatoms. The zero-order valence-corrected chi connectivity index (χ0v) is 47.5. The maximum atomic E-state index is 14.3. The number of Topliss-reactive ketones (excluding diaryl/α,β-unsaturated/α-hetero) is 1. The Morgan fingerprint density at radius 3 is 1.75 bits per heavy atom. The molecule has 20 N–H and O–H groups in total. The molecule has 0 bridgehead atoms. The van der Waals surface area contributed by atoms with Gasteiger partial charge in [0, 0.05) is 45.6 Å². The van der Waals surface area contributed by atoms with Gasteiger partial charge >= 0.3 is 5.97 Å². The van der Waals surface area contributed by atoms with Crippen molar-refractivity contribution in [2.45, 2.75) is 178 Å².